The Balaban J connectivity index is 1.62. The zero-order chi connectivity index (χ0) is 17.8. The minimum absolute atomic E-state index is 0.482. The van der Waals surface area contributed by atoms with Crippen LogP contribution in [-0.4, -0.2) is 40.6 Å². The fraction of sp³-hybridized carbons (Fsp3) is 0.381. The van der Waals surface area contributed by atoms with Gasteiger partial charge in [-0.2, -0.15) is 0 Å². The molecule has 3 heterocycles. The third kappa shape index (κ3) is 3.68. The number of rotatable bonds is 5. The van der Waals surface area contributed by atoms with Gasteiger partial charge >= 0.3 is 0 Å². The normalized spacial score (nSPS) is 20.2. The predicted molar refractivity (Wildman–Crippen MR) is 105 cm³/mol. The largest absolute Gasteiger partial charge is 0.366 e. The Hall–Kier alpha value is -2.53. The molecule has 26 heavy (non-hydrogen) atoms. The summed E-state index contributed by atoms with van der Waals surface area (Å²) < 4.78 is 0. The minimum atomic E-state index is 0.482. The van der Waals surface area contributed by atoms with Crippen molar-refractivity contribution in [3.05, 3.63) is 48.8 Å². The molecule has 1 aliphatic heterocycles. The van der Waals surface area contributed by atoms with Gasteiger partial charge in [-0.3, -0.25) is 4.98 Å². The Morgan fingerprint density at radius 1 is 1.08 bits per heavy atom. The van der Waals surface area contributed by atoms with Gasteiger partial charge in [0.05, 0.1) is 25.2 Å². The van der Waals surface area contributed by atoms with E-state index >= 15 is 0 Å². The van der Waals surface area contributed by atoms with E-state index < -0.39 is 0 Å². The molecule has 134 valence electrons. The molecule has 0 unspecified atom stereocenters. The van der Waals surface area contributed by atoms with E-state index in [-0.39, 0.29) is 0 Å². The Labute approximate surface area is 154 Å². The van der Waals surface area contributed by atoms with Crippen molar-refractivity contribution in [3.8, 4) is 11.4 Å². The zero-order valence-corrected chi connectivity index (χ0v) is 15.3. The molecule has 1 aromatic carbocycles. The van der Waals surface area contributed by atoms with E-state index in [2.05, 4.69) is 35.4 Å². The average molecular weight is 348 g/mol. The molecule has 5 nitrogen and oxygen atoms in total. The van der Waals surface area contributed by atoms with Crippen LogP contribution in [0.25, 0.3) is 22.3 Å². The standard InChI is InChI=1S/C21H25N5/c1-2-12-26-13-9-17(10-14-26)23-21-18-7-3-4-8-19(18)24-20(25-21)16-6-5-11-22-15-16/h3-8,11,15,17H,2,9-10,12-14H2,1H3,(H,23,24,25)/p+1. The highest BCUT2D eigenvalue weighted by atomic mass is 15.1. The van der Waals surface area contributed by atoms with Crippen molar-refractivity contribution in [1.82, 2.24) is 15.0 Å². The summed E-state index contributed by atoms with van der Waals surface area (Å²) in [6.07, 6.45) is 7.24. The Morgan fingerprint density at radius 3 is 2.69 bits per heavy atom. The summed E-state index contributed by atoms with van der Waals surface area (Å²) in [5.74, 6) is 1.67. The highest BCUT2D eigenvalue weighted by molar-refractivity contribution is 5.90. The number of para-hydroxylation sites is 1. The number of hydrogen-bond donors (Lipinski definition) is 2. The predicted octanol–water partition coefficient (Wildman–Crippen LogP) is 2.56. The van der Waals surface area contributed by atoms with Gasteiger partial charge in [-0.25, -0.2) is 9.97 Å². The molecule has 4 rings (SSSR count). The number of likely N-dealkylation sites (tertiary alicyclic amines) is 1. The summed E-state index contributed by atoms with van der Waals surface area (Å²) in [5, 5.41) is 4.80. The molecule has 1 aliphatic rings. The molecule has 2 aromatic heterocycles. The molecular weight excluding hydrogens is 322 g/mol. The van der Waals surface area contributed by atoms with Gasteiger partial charge in [0.25, 0.3) is 0 Å². The molecular formula is C21H26N5+. The van der Waals surface area contributed by atoms with Crippen LogP contribution in [0.3, 0.4) is 0 Å². The first-order valence-corrected chi connectivity index (χ1v) is 9.61. The third-order valence-electron chi connectivity index (χ3n) is 5.16. The lowest BCUT2D eigenvalue weighted by molar-refractivity contribution is -0.905. The quantitative estimate of drug-likeness (QED) is 0.744. The van der Waals surface area contributed by atoms with Crippen LogP contribution in [0.15, 0.2) is 48.8 Å². The smallest absolute Gasteiger partial charge is 0.163 e. The molecule has 0 aliphatic carbocycles. The molecule has 0 atom stereocenters. The molecule has 0 bridgehead atoms. The van der Waals surface area contributed by atoms with E-state index in [9.17, 15) is 0 Å². The van der Waals surface area contributed by atoms with Gasteiger partial charge < -0.3 is 10.2 Å². The van der Waals surface area contributed by atoms with E-state index in [1.807, 2.05) is 24.4 Å². The monoisotopic (exact) mass is 348 g/mol. The summed E-state index contributed by atoms with van der Waals surface area (Å²) in [6, 6.07) is 12.6. The van der Waals surface area contributed by atoms with Crippen molar-refractivity contribution in [2.75, 3.05) is 25.0 Å². The maximum atomic E-state index is 4.85. The zero-order valence-electron chi connectivity index (χ0n) is 15.3. The second-order valence-corrected chi connectivity index (χ2v) is 7.07. The lowest BCUT2D eigenvalue weighted by Gasteiger charge is -2.30. The second kappa shape index (κ2) is 7.79. The van der Waals surface area contributed by atoms with Gasteiger partial charge in [-0.05, 0) is 30.7 Å². The third-order valence-corrected chi connectivity index (χ3v) is 5.16. The van der Waals surface area contributed by atoms with Crippen molar-refractivity contribution in [1.29, 1.82) is 0 Å². The van der Waals surface area contributed by atoms with E-state index in [0.717, 1.165) is 28.1 Å². The molecule has 0 spiro atoms. The van der Waals surface area contributed by atoms with Crippen molar-refractivity contribution in [2.24, 2.45) is 0 Å². The Bertz CT molecular complexity index is 857. The van der Waals surface area contributed by atoms with Crippen LogP contribution in [0.4, 0.5) is 5.82 Å². The SMILES string of the molecule is CCC[NH+]1CCC(Nc2nc(-c3cccnc3)nc3ccccc23)CC1. The average Bonchev–Trinajstić information content (AvgIpc) is 2.70. The van der Waals surface area contributed by atoms with Gasteiger partial charge in [-0.1, -0.05) is 19.1 Å². The number of fused-ring (bicyclic) bond motifs is 1. The van der Waals surface area contributed by atoms with Gasteiger partial charge in [0.2, 0.25) is 0 Å². The van der Waals surface area contributed by atoms with E-state index in [4.69, 9.17) is 9.97 Å². The summed E-state index contributed by atoms with van der Waals surface area (Å²) in [7, 11) is 0. The molecule has 3 aromatic rings. The molecule has 2 N–H and O–H groups in total. The summed E-state index contributed by atoms with van der Waals surface area (Å²) >= 11 is 0. The fourth-order valence-corrected chi connectivity index (χ4v) is 3.78. The number of benzene rings is 1. The maximum absolute atomic E-state index is 4.85. The Morgan fingerprint density at radius 2 is 1.92 bits per heavy atom. The van der Waals surface area contributed by atoms with Crippen LogP contribution in [0.2, 0.25) is 0 Å². The van der Waals surface area contributed by atoms with Gasteiger partial charge in [0.1, 0.15) is 5.82 Å². The first kappa shape index (κ1) is 16.9. The molecule has 1 saturated heterocycles. The number of anilines is 1. The second-order valence-electron chi connectivity index (χ2n) is 7.07. The summed E-state index contributed by atoms with van der Waals surface area (Å²) in [6.45, 7) is 6.03. The molecule has 0 radical (unpaired) electrons. The van der Waals surface area contributed by atoms with Crippen molar-refractivity contribution in [2.45, 2.75) is 32.2 Å². The fourth-order valence-electron chi connectivity index (χ4n) is 3.78. The van der Waals surface area contributed by atoms with Gasteiger partial charge in [0.15, 0.2) is 5.82 Å². The summed E-state index contributed by atoms with van der Waals surface area (Å²) in [5.41, 5.74) is 1.92. The molecule has 0 amide bonds. The maximum Gasteiger partial charge on any atom is 0.163 e. The topological polar surface area (TPSA) is 55.1 Å². The van der Waals surface area contributed by atoms with Gasteiger partial charge in [0, 0.05) is 42.2 Å². The van der Waals surface area contributed by atoms with Gasteiger partial charge in [-0.15, -0.1) is 0 Å². The molecule has 1 fully saturated rings. The number of nitrogens with one attached hydrogen (secondary N) is 2. The van der Waals surface area contributed by atoms with Crippen LogP contribution in [0.1, 0.15) is 26.2 Å². The van der Waals surface area contributed by atoms with E-state index in [1.54, 1.807) is 11.1 Å². The Kier molecular flexibility index (Phi) is 5.07. The van der Waals surface area contributed by atoms with Crippen LogP contribution in [-0.2, 0) is 0 Å². The minimum Gasteiger partial charge on any atom is -0.366 e. The van der Waals surface area contributed by atoms with Crippen LogP contribution < -0.4 is 10.2 Å². The van der Waals surface area contributed by atoms with Crippen molar-refractivity contribution < 1.29 is 4.90 Å². The number of aromatic nitrogens is 3. The van der Waals surface area contributed by atoms with Crippen molar-refractivity contribution in [3.63, 3.8) is 0 Å². The van der Waals surface area contributed by atoms with Crippen molar-refractivity contribution >= 4 is 16.7 Å². The van der Waals surface area contributed by atoms with Crippen LogP contribution >= 0.6 is 0 Å². The number of quaternary nitrogens is 1. The number of hydrogen-bond acceptors (Lipinski definition) is 4. The lowest BCUT2D eigenvalue weighted by Crippen LogP contribution is -3.13. The van der Waals surface area contributed by atoms with E-state index in [0.29, 0.717) is 6.04 Å². The first-order valence-electron chi connectivity index (χ1n) is 9.61. The highest BCUT2D eigenvalue weighted by Gasteiger charge is 2.22. The van der Waals surface area contributed by atoms with Crippen LogP contribution in [0.5, 0.6) is 0 Å². The van der Waals surface area contributed by atoms with Crippen LogP contribution in [0, 0.1) is 0 Å². The number of nitrogens with zero attached hydrogens (tertiary/aromatic N) is 3. The molecule has 5 heteroatoms. The lowest BCUT2D eigenvalue weighted by atomic mass is 10.0. The first-order chi connectivity index (χ1) is 12.8. The number of piperidine rings is 1. The number of pyridine rings is 1. The molecule has 0 saturated carbocycles. The highest BCUT2D eigenvalue weighted by Crippen LogP contribution is 2.25. The summed E-state index contributed by atoms with van der Waals surface area (Å²) in [4.78, 5) is 15.5. The van der Waals surface area contributed by atoms with E-state index in [1.165, 1.54) is 38.9 Å².